The van der Waals surface area contributed by atoms with Gasteiger partial charge >= 0.3 is 5.97 Å². The summed E-state index contributed by atoms with van der Waals surface area (Å²) in [6, 6.07) is 2.19. The minimum Gasteiger partial charge on any atom is -0.491 e. The lowest BCUT2D eigenvalue weighted by Crippen LogP contribution is -2.19. The summed E-state index contributed by atoms with van der Waals surface area (Å²) in [6.45, 7) is 1.90. The maximum absolute atomic E-state index is 11.8. The molecule has 0 unspecified atom stereocenters. The van der Waals surface area contributed by atoms with Gasteiger partial charge in [0.15, 0.2) is 5.78 Å². The van der Waals surface area contributed by atoms with E-state index in [2.05, 4.69) is 0 Å². The Morgan fingerprint density at radius 2 is 2.26 bits per heavy atom. The third kappa shape index (κ3) is 2.40. The Hall–Kier alpha value is -2.44. The van der Waals surface area contributed by atoms with Crippen LogP contribution in [-0.4, -0.2) is 29.9 Å². The van der Waals surface area contributed by atoms with Gasteiger partial charge in [-0.3, -0.25) is 14.9 Å². The van der Waals surface area contributed by atoms with E-state index < -0.39 is 10.9 Å². The van der Waals surface area contributed by atoms with Crippen molar-refractivity contribution >= 4 is 17.4 Å². The van der Waals surface area contributed by atoms with E-state index in [1.807, 2.05) is 0 Å². The van der Waals surface area contributed by atoms with Crippen LogP contribution in [-0.2, 0) is 4.74 Å². The summed E-state index contributed by atoms with van der Waals surface area (Å²) in [5, 5.41) is 10.8. The Bertz CT molecular complexity index is 566. The smallest absolute Gasteiger partial charge is 0.342 e. The van der Waals surface area contributed by atoms with Crippen LogP contribution in [0.3, 0.4) is 0 Å². The van der Waals surface area contributed by atoms with Crippen molar-refractivity contribution in [3.63, 3.8) is 0 Å². The Balaban J connectivity index is 2.60. The lowest BCUT2D eigenvalue weighted by atomic mass is 10.00. The first kappa shape index (κ1) is 13.0. The Morgan fingerprint density at radius 1 is 1.53 bits per heavy atom. The van der Waals surface area contributed by atoms with Gasteiger partial charge in [0.1, 0.15) is 11.3 Å². The molecule has 0 amide bonds. The molecule has 7 nitrogen and oxygen atoms in total. The number of hydrogen-bond acceptors (Lipinski definition) is 6. The van der Waals surface area contributed by atoms with Crippen molar-refractivity contribution in [2.45, 2.75) is 13.3 Å². The molecule has 0 bridgehead atoms. The summed E-state index contributed by atoms with van der Waals surface area (Å²) in [4.78, 5) is 33.7. The number of nitrogens with zero attached hydrogens (tertiary/aromatic N) is 1. The van der Waals surface area contributed by atoms with Crippen LogP contribution in [0.1, 0.15) is 34.1 Å². The topological polar surface area (TPSA) is 95.7 Å². The van der Waals surface area contributed by atoms with E-state index in [-0.39, 0.29) is 48.0 Å². The molecule has 0 aromatic heterocycles. The number of carbonyl (C=O) groups is 2. The highest BCUT2D eigenvalue weighted by atomic mass is 16.6. The quantitative estimate of drug-likeness (QED) is 0.469. The van der Waals surface area contributed by atoms with E-state index in [4.69, 9.17) is 9.47 Å². The molecule has 0 fully saturated rings. The monoisotopic (exact) mass is 265 g/mol. The van der Waals surface area contributed by atoms with Gasteiger partial charge in [0, 0.05) is 18.6 Å². The number of nitro benzene ring substituents is 1. The standard InChI is InChI=1S/C12H11NO6/c1-2-18-12(15)9-6-7(13(16)17)5-8-10(14)3-4-19-11(8)9/h5-6H,2-4H2,1H3. The number of Topliss-reactive ketones (excluding diaryl/α,β-unsaturated/α-hetero) is 1. The number of fused-ring (bicyclic) bond motifs is 1. The van der Waals surface area contributed by atoms with Gasteiger partial charge in [0.2, 0.25) is 0 Å². The molecule has 0 saturated heterocycles. The second kappa shape index (κ2) is 5.05. The number of hydrogen-bond donors (Lipinski definition) is 0. The fraction of sp³-hybridized carbons (Fsp3) is 0.333. The van der Waals surface area contributed by atoms with Crippen LogP contribution in [0.25, 0.3) is 0 Å². The van der Waals surface area contributed by atoms with Gasteiger partial charge in [-0.1, -0.05) is 0 Å². The van der Waals surface area contributed by atoms with Crippen LogP contribution in [0.5, 0.6) is 5.75 Å². The van der Waals surface area contributed by atoms with Gasteiger partial charge in [-0.25, -0.2) is 4.79 Å². The second-order valence-corrected chi connectivity index (χ2v) is 3.87. The fourth-order valence-corrected chi connectivity index (χ4v) is 1.82. The number of ketones is 1. The van der Waals surface area contributed by atoms with Gasteiger partial charge in [-0.2, -0.15) is 0 Å². The molecule has 19 heavy (non-hydrogen) atoms. The van der Waals surface area contributed by atoms with Crippen molar-refractivity contribution in [3.05, 3.63) is 33.4 Å². The van der Waals surface area contributed by atoms with Gasteiger partial charge in [-0.05, 0) is 6.92 Å². The maximum atomic E-state index is 11.8. The third-order valence-electron chi connectivity index (χ3n) is 2.66. The molecule has 7 heteroatoms. The van der Waals surface area contributed by atoms with Crippen LogP contribution in [0, 0.1) is 10.1 Å². The zero-order valence-corrected chi connectivity index (χ0v) is 10.2. The van der Waals surface area contributed by atoms with Crippen molar-refractivity contribution in [3.8, 4) is 5.75 Å². The van der Waals surface area contributed by atoms with Crippen molar-refractivity contribution in [2.75, 3.05) is 13.2 Å². The Labute approximate surface area is 108 Å². The summed E-state index contributed by atoms with van der Waals surface area (Å²) in [7, 11) is 0. The summed E-state index contributed by atoms with van der Waals surface area (Å²) in [5.41, 5.74) is -0.358. The normalized spacial score (nSPS) is 13.4. The molecular weight excluding hydrogens is 254 g/mol. The zero-order valence-electron chi connectivity index (χ0n) is 10.2. The fourth-order valence-electron chi connectivity index (χ4n) is 1.82. The summed E-state index contributed by atoms with van der Waals surface area (Å²) in [5.74, 6) is -0.951. The molecule has 0 saturated carbocycles. The van der Waals surface area contributed by atoms with Crippen molar-refractivity contribution in [1.82, 2.24) is 0 Å². The highest BCUT2D eigenvalue weighted by Gasteiger charge is 2.29. The molecule has 0 N–H and O–H groups in total. The van der Waals surface area contributed by atoms with Crippen LogP contribution < -0.4 is 4.74 Å². The van der Waals surface area contributed by atoms with Crippen LogP contribution in [0.2, 0.25) is 0 Å². The molecular formula is C12H11NO6. The SMILES string of the molecule is CCOC(=O)c1cc([N+](=O)[O-])cc2c1OCCC2=O. The summed E-state index contributed by atoms with van der Waals surface area (Å²) >= 11 is 0. The lowest BCUT2D eigenvalue weighted by molar-refractivity contribution is -0.384. The van der Waals surface area contributed by atoms with E-state index in [1.54, 1.807) is 6.92 Å². The first-order valence-corrected chi connectivity index (χ1v) is 5.70. The molecule has 1 aromatic carbocycles. The van der Waals surface area contributed by atoms with Crippen LogP contribution >= 0.6 is 0 Å². The second-order valence-electron chi connectivity index (χ2n) is 3.87. The highest BCUT2D eigenvalue weighted by molar-refractivity contribution is 6.05. The molecule has 0 atom stereocenters. The van der Waals surface area contributed by atoms with Gasteiger partial charge in [0.05, 0.1) is 23.7 Å². The molecule has 1 aliphatic rings. The number of carbonyl (C=O) groups excluding carboxylic acids is 2. The molecule has 100 valence electrons. The van der Waals surface area contributed by atoms with Crippen molar-refractivity contribution in [1.29, 1.82) is 0 Å². The molecule has 2 rings (SSSR count). The molecule has 0 radical (unpaired) electrons. The average molecular weight is 265 g/mol. The molecule has 1 aliphatic heterocycles. The van der Waals surface area contributed by atoms with E-state index in [1.165, 1.54) is 0 Å². The minimum atomic E-state index is -0.739. The largest absolute Gasteiger partial charge is 0.491 e. The minimum absolute atomic E-state index is 0.0588. The zero-order chi connectivity index (χ0) is 14.0. The van der Waals surface area contributed by atoms with Gasteiger partial charge in [-0.15, -0.1) is 0 Å². The Kier molecular flexibility index (Phi) is 3.46. The predicted octanol–water partition coefficient (Wildman–Crippen LogP) is 1.74. The van der Waals surface area contributed by atoms with Gasteiger partial charge < -0.3 is 9.47 Å². The van der Waals surface area contributed by atoms with E-state index in [0.717, 1.165) is 12.1 Å². The number of non-ortho nitro benzene ring substituents is 1. The summed E-state index contributed by atoms with van der Waals surface area (Å²) < 4.78 is 10.1. The van der Waals surface area contributed by atoms with Crippen molar-refractivity contribution < 1.29 is 24.0 Å². The lowest BCUT2D eigenvalue weighted by Gasteiger charge is -2.18. The van der Waals surface area contributed by atoms with Crippen LogP contribution in [0.4, 0.5) is 5.69 Å². The predicted molar refractivity (Wildman–Crippen MR) is 63.5 cm³/mol. The number of ether oxygens (including phenoxy) is 2. The molecule has 1 heterocycles. The molecule has 1 aromatic rings. The molecule has 0 spiro atoms. The molecule has 0 aliphatic carbocycles. The average Bonchev–Trinajstić information content (AvgIpc) is 2.38. The van der Waals surface area contributed by atoms with E-state index in [9.17, 15) is 19.7 Å². The highest BCUT2D eigenvalue weighted by Crippen LogP contribution is 2.33. The maximum Gasteiger partial charge on any atom is 0.342 e. The first-order chi connectivity index (χ1) is 9.04. The number of nitro groups is 1. The number of rotatable bonds is 3. The number of benzene rings is 1. The Morgan fingerprint density at radius 3 is 2.89 bits per heavy atom. The van der Waals surface area contributed by atoms with Crippen molar-refractivity contribution in [2.24, 2.45) is 0 Å². The van der Waals surface area contributed by atoms with E-state index in [0.29, 0.717) is 0 Å². The summed E-state index contributed by atoms with van der Waals surface area (Å²) in [6.07, 6.45) is 0.135. The van der Waals surface area contributed by atoms with Crippen LogP contribution in [0.15, 0.2) is 12.1 Å². The number of esters is 1. The first-order valence-electron chi connectivity index (χ1n) is 5.70. The third-order valence-corrected chi connectivity index (χ3v) is 2.66. The van der Waals surface area contributed by atoms with E-state index >= 15 is 0 Å². The van der Waals surface area contributed by atoms with Gasteiger partial charge in [0.25, 0.3) is 5.69 Å².